The first-order valence-electron chi connectivity index (χ1n) is 8.93. The third kappa shape index (κ3) is 12.8. The zero-order valence-corrected chi connectivity index (χ0v) is 15.7. The fourth-order valence-electron chi connectivity index (χ4n) is 2.44. The minimum atomic E-state index is -1.83. The van der Waals surface area contributed by atoms with E-state index in [9.17, 15) is 0 Å². The van der Waals surface area contributed by atoms with Crippen LogP contribution in [0.2, 0.25) is 0 Å². The maximum atomic E-state index is 8.56. The van der Waals surface area contributed by atoms with Gasteiger partial charge in [-0.25, -0.2) is 4.79 Å². The van der Waals surface area contributed by atoms with Crippen LogP contribution >= 0.6 is 0 Å². The number of benzene rings is 1. The molecule has 0 unspecified atom stereocenters. The molecule has 1 rings (SSSR count). The van der Waals surface area contributed by atoms with Gasteiger partial charge < -0.3 is 14.9 Å². The number of hydrogen-bond acceptors (Lipinski definition) is 2. The lowest BCUT2D eigenvalue weighted by atomic mass is 9.98. The topological polar surface area (TPSA) is 66.8 Å². The van der Waals surface area contributed by atoms with Gasteiger partial charge in [-0.15, -0.1) is 0 Å². The SMILES string of the molecule is C/C=C/C=C(\CCCCCCCC)c1ccc(OC)cc1.O=C(O)O. The molecule has 0 saturated carbocycles. The molecule has 0 spiro atoms. The molecular weight excluding hydrogens is 316 g/mol. The summed E-state index contributed by atoms with van der Waals surface area (Å²) in [6, 6.07) is 8.40. The van der Waals surface area contributed by atoms with Crippen molar-refractivity contribution in [3.8, 4) is 5.75 Å². The van der Waals surface area contributed by atoms with Gasteiger partial charge in [-0.2, -0.15) is 0 Å². The summed E-state index contributed by atoms with van der Waals surface area (Å²) in [7, 11) is 1.71. The third-order valence-electron chi connectivity index (χ3n) is 3.75. The van der Waals surface area contributed by atoms with Gasteiger partial charge in [0.25, 0.3) is 0 Å². The monoisotopic (exact) mass is 348 g/mol. The highest BCUT2D eigenvalue weighted by molar-refractivity contribution is 5.67. The molecule has 1 aromatic carbocycles. The first-order valence-corrected chi connectivity index (χ1v) is 8.93. The van der Waals surface area contributed by atoms with Crippen LogP contribution in [-0.4, -0.2) is 23.5 Å². The third-order valence-corrected chi connectivity index (χ3v) is 3.75. The summed E-state index contributed by atoms with van der Waals surface area (Å²) in [6.45, 7) is 4.33. The molecule has 25 heavy (non-hydrogen) atoms. The Hall–Kier alpha value is -2.23. The lowest BCUT2D eigenvalue weighted by Gasteiger charge is -2.09. The molecule has 2 N–H and O–H groups in total. The number of hydrogen-bond donors (Lipinski definition) is 2. The average molecular weight is 348 g/mol. The number of allylic oxidation sites excluding steroid dienone is 4. The molecule has 0 saturated heterocycles. The fourth-order valence-corrected chi connectivity index (χ4v) is 2.44. The van der Waals surface area contributed by atoms with Crippen LogP contribution in [0.5, 0.6) is 5.75 Å². The van der Waals surface area contributed by atoms with E-state index >= 15 is 0 Å². The molecule has 0 fully saturated rings. The van der Waals surface area contributed by atoms with Gasteiger partial charge in [0.1, 0.15) is 5.75 Å². The molecule has 4 heteroatoms. The summed E-state index contributed by atoms with van der Waals surface area (Å²) < 4.78 is 5.23. The van der Waals surface area contributed by atoms with Gasteiger partial charge in [-0.05, 0) is 43.0 Å². The Balaban J connectivity index is 0.00000129. The van der Waals surface area contributed by atoms with Gasteiger partial charge in [0.05, 0.1) is 7.11 Å². The van der Waals surface area contributed by atoms with Gasteiger partial charge >= 0.3 is 6.16 Å². The largest absolute Gasteiger partial charge is 0.503 e. The van der Waals surface area contributed by atoms with Crippen LogP contribution in [0, 0.1) is 0 Å². The van der Waals surface area contributed by atoms with Crippen molar-refractivity contribution >= 4 is 11.7 Å². The fraction of sp³-hybridized carbons (Fsp3) is 0.476. The van der Waals surface area contributed by atoms with Crippen molar-refractivity contribution in [3.05, 3.63) is 48.1 Å². The predicted octanol–water partition coefficient (Wildman–Crippen LogP) is 6.63. The van der Waals surface area contributed by atoms with E-state index in [1.807, 2.05) is 12.1 Å². The zero-order valence-electron chi connectivity index (χ0n) is 15.7. The first kappa shape index (κ1) is 22.8. The van der Waals surface area contributed by atoms with Crippen LogP contribution in [0.25, 0.3) is 5.57 Å². The molecule has 140 valence electrons. The molecule has 0 atom stereocenters. The molecular formula is C21H32O4. The average Bonchev–Trinajstić information content (AvgIpc) is 2.60. The van der Waals surface area contributed by atoms with Crippen molar-refractivity contribution in [1.29, 1.82) is 0 Å². The molecule has 0 bridgehead atoms. The van der Waals surface area contributed by atoms with Crippen LogP contribution < -0.4 is 4.74 Å². The van der Waals surface area contributed by atoms with Crippen molar-refractivity contribution in [2.45, 2.75) is 58.8 Å². The summed E-state index contributed by atoms with van der Waals surface area (Å²) in [5.74, 6) is 0.920. The minimum absolute atomic E-state index is 0.920. The lowest BCUT2D eigenvalue weighted by molar-refractivity contribution is 0.137. The number of unbranched alkanes of at least 4 members (excludes halogenated alkanes) is 5. The summed E-state index contributed by atoms with van der Waals surface area (Å²) in [5.41, 5.74) is 2.73. The van der Waals surface area contributed by atoms with Crippen LogP contribution in [0.1, 0.15) is 64.4 Å². The highest BCUT2D eigenvalue weighted by atomic mass is 16.6. The van der Waals surface area contributed by atoms with Crippen LogP contribution in [-0.2, 0) is 0 Å². The van der Waals surface area contributed by atoms with Crippen LogP contribution in [0.3, 0.4) is 0 Å². The van der Waals surface area contributed by atoms with Crippen molar-refractivity contribution in [3.63, 3.8) is 0 Å². The van der Waals surface area contributed by atoms with E-state index in [0.717, 1.165) is 12.2 Å². The predicted molar refractivity (Wildman–Crippen MR) is 104 cm³/mol. The Labute approximate surface area is 151 Å². The van der Waals surface area contributed by atoms with Gasteiger partial charge in [-0.3, -0.25) is 0 Å². The number of carboxylic acid groups (broad SMARTS) is 2. The second-order valence-corrected chi connectivity index (χ2v) is 5.75. The summed E-state index contributed by atoms with van der Waals surface area (Å²) in [6.07, 6.45) is 13.8. The van der Waals surface area contributed by atoms with Gasteiger partial charge in [0.15, 0.2) is 0 Å². The van der Waals surface area contributed by atoms with Gasteiger partial charge in [0.2, 0.25) is 0 Å². The maximum Gasteiger partial charge on any atom is 0.503 e. The van der Waals surface area contributed by atoms with E-state index in [4.69, 9.17) is 19.7 Å². The zero-order chi connectivity index (χ0) is 18.9. The standard InChI is InChI=1S/C20H30O.CH2O3/c1-4-6-8-9-10-11-13-18(12-7-5-2)19-14-16-20(21-3)17-15-19;2-1(3)4/h5,7,12,14-17H,4,6,8-11,13H2,1-3H3;(H2,2,3,4)/b7-5+,18-12+;. The molecule has 1 aromatic rings. The molecule has 0 aliphatic carbocycles. The molecule has 0 radical (unpaired) electrons. The quantitative estimate of drug-likeness (QED) is 0.368. The summed E-state index contributed by atoms with van der Waals surface area (Å²) >= 11 is 0. The van der Waals surface area contributed by atoms with Crippen LogP contribution in [0.15, 0.2) is 42.5 Å². The number of methoxy groups -OCH3 is 1. The molecule has 0 aliphatic heterocycles. The van der Waals surface area contributed by atoms with E-state index in [1.54, 1.807) is 7.11 Å². The van der Waals surface area contributed by atoms with Crippen LogP contribution in [0.4, 0.5) is 4.79 Å². The Bertz CT molecular complexity index is 511. The summed E-state index contributed by atoms with van der Waals surface area (Å²) in [5, 5.41) is 13.9. The maximum absolute atomic E-state index is 8.56. The molecule has 0 heterocycles. The van der Waals surface area contributed by atoms with E-state index in [0.29, 0.717) is 0 Å². The van der Waals surface area contributed by atoms with E-state index in [-0.39, 0.29) is 0 Å². The van der Waals surface area contributed by atoms with E-state index in [2.05, 4.69) is 44.2 Å². The molecule has 4 nitrogen and oxygen atoms in total. The number of ether oxygens (including phenoxy) is 1. The second-order valence-electron chi connectivity index (χ2n) is 5.75. The number of carbonyl (C=O) groups is 1. The highest BCUT2D eigenvalue weighted by Gasteiger charge is 2.02. The highest BCUT2D eigenvalue weighted by Crippen LogP contribution is 2.24. The lowest BCUT2D eigenvalue weighted by Crippen LogP contribution is -1.88. The Morgan fingerprint density at radius 1 is 1.04 bits per heavy atom. The van der Waals surface area contributed by atoms with Gasteiger partial charge in [0, 0.05) is 0 Å². The van der Waals surface area contributed by atoms with E-state index in [1.165, 1.54) is 49.7 Å². The Morgan fingerprint density at radius 2 is 1.60 bits per heavy atom. The molecule has 0 amide bonds. The van der Waals surface area contributed by atoms with E-state index < -0.39 is 6.16 Å². The first-order chi connectivity index (χ1) is 12.0. The normalized spacial score (nSPS) is 11.1. The Morgan fingerprint density at radius 3 is 2.12 bits per heavy atom. The van der Waals surface area contributed by atoms with Crippen molar-refractivity contribution in [2.24, 2.45) is 0 Å². The minimum Gasteiger partial charge on any atom is -0.497 e. The molecule has 0 aliphatic rings. The van der Waals surface area contributed by atoms with Crippen molar-refractivity contribution < 1.29 is 19.7 Å². The van der Waals surface area contributed by atoms with Crippen molar-refractivity contribution in [2.75, 3.05) is 7.11 Å². The number of rotatable bonds is 10. The van der Waals surface area contributed by atoms with Crippen molar-refractivity contribution in [1.82, 2.24) is 0 Å². The smallest absolute Gasteiger partial charge is 0.497 e. The second kappa shape index (κ2) is 15.3. The van der Waals surface area contributed by atoms with Gasteiger partial charge in [-0.1, -0.05) is 69.4 Å². The Kier molecular flexibility index (Phi) is 13.9. The molecule has 0 aromatic heterocycles. The summed E-state index contributed by atoms with van der Waals surface area (Å²) in [4.78, 5) is 8.56.